The average molecular weight is 282 g/mol. The van der Waals surface area contributed by atoms with Crippen molar-refractivity contribution in [1.29, 1.82) is 0 Å². The highest BCUT2D eigenvalue weighted by atomic mass is 32.1. The van der Waals surface area contributed by atoms with Crippen LogP contribution < -0.4 is 5.32 Å². The summed E-state index contributed by atoms with van der Waals surface area (Å²) in [6.07, 6.45) is 3.04. The van der Waals surface area contributed by atoms with Crippen LogP contribution in [-0.4, -0.2) is 37.2 Å². The molecule has 1 saturated carbocycles. The minimum Gasteiger partial charge on any atom is -0.377 e. The molecule has 1 aromatic rings. The molecule has 0 aliphatic heterocycles. The van der Waals surface area contributed by atoms with Crippen LogP contribution >= 0.6 is 11.3 Å². The molecule has 0 amide bonds. The molecule has 0 bridgehead atoms. The van der Waals surface area contributed by atoms with Crippen LogP contribution in [0, 0.1) is 0 Å². The van der Waals surface area contributed by atoms with E-state index >= 15 is 0 Å². The highest BCUT2D eigenvalue weighted by Crippen LogP contribution is 2.22. The Labute approximate surface area is 121 Å². The summed E-state index contributed by atoms with van der Waals surface area (Å²) in [5.41, 5.74) is 0. The van der Waals surface area contributed by atoms with Crippen LogP contribution in [0.15, 0.2) is 12.1 Å². The minimum absolute atomic E-state index is 0.329. The van der Waals surface area contributed by atoms with Gasteiger partial charge < -0.3 is 10.1 Å². The molecule has 0 radical (unpaired) electrons. The lowest BCUT2D eigenvalue weighted by molar-refractivity contribution is 0.0628. The Morgan fingerprint density at radius 3 is 2.79 bits per heavy atom. The van der Waals surface area contributed by atoms with E-state index in [0.29, 0.717) is 6.10 Å². The van der Waals surface area contributed by atoms with E-state index < -0.39 is 0 Å². The lowest BCUT2D eigenvalue weighted by Gasteiger charge is -2.16. The maximum atomic E-state index is 5.58. The van der Waals surface area contributed by atoms with E-state index in [9.17, 15) is 0 Å². The number of hydrogen-bond donors (Lipinski definition) is 1. The maximum Gasteiger partial charge on any atom is 0.0596 e. The molecule has 1 heterocycles. The van der Waals surface area contributed by atoms with Gasteiger partial charge in [0, 0.05) is 35.4 Å². The quantitative estimate of drug-likeness (QED) is 0.754. The van der Waals surface area contributed by atoms with Crippen LogP contribution in [0.3, 0.4) is 0 Å². The van der Waals surface area contributed by atoms with Gasteiger partial charge in [0.25, 0.3) is 0 Å². The van der Waals surface area contributed by atoms with E-state index in [1.165, 1.54) is 22.6 Å². The zero-order chi connectivity index (χ0) is 13.7. The fourth-order valence-electron chi connectivity index (χ4n) is 1.92. The van der Waals surface area contributed by atoms with Gasteiger partial charge in [0.1, 0.15) is 0 Å². The van der Waals surface area contributed by atoms with Gasteiger partial charge in [-0.15, -0.1) is 11.3 Å². The highest BCUT2D eigenvalue weighted by Gasteiger charge is 2.20. The van der Waals surface area contributed by atoms with Crippen LogP contribution in [0.4, 0.5) is 0 Å². The normalized spacial score (nSPS) is 15.6. The Hall–Kier alpha value is -0.420. The van der Waals surface area contributed by atoms with Crippen molar-refractivity contribution in [2.24, 2.45) is 0 Å². The van der Waals surface area contributed by atoms with E-state index in [1.807, 2.05) is 11.3 Å². The van der Waals surface area contributed by atoms with Crippen LogP contribution in [0.2, 0.25) is 0 Å². The molecular formula is C15H26N2OS. The number of hydrogen-bond acceptors (Lipinski definition) is 4. The van der Waals surface area contributed by atoms with Crippen molar-refractivity contribution >= 4 is 11.3 Å². The Morgan fingerprint density at radius 2 is 2.11 bits per heavy atom. The third-order valence-electron chi connectivity index (χ3n) is 3.21. The molecule has 1 fully saturated rings. The Balaban J connectivity index is 1.66. The monoisotopic (exact) mass is 282 g/mol. The molecule has 3 nitrogen and oxygen atoms in total. The minimum atomic E-state index is 0.329. The van der Waals surface area contributed by atoms with E-state index in [0.717, 1.165) is 32.3 Å². The molecule has 0 spiro atoms. The van der Waals surface area contributed by atoms with Gasteiger partial charge in [0.05, 0.1) is 12.7 Å². The first-order valence-electron chi connectivity index (χ1n) is 7.24. The van der Waals surface area contributed by atoms with Crippen molar-refractivity contribution in [2.45, 2.75) is 51.9 Å². The lowest BCUT2D eigenvalue weighted by Crippen LogP contribution is -2.23. The molecular weight excluding hydrogens is 256 g/mol. The van der Waals surface area contributed by atoms with Gasteiger partial charge in [-0.2, -0.15) is 0 Å². The second-order valence-electron chi connectivity index (χ2n) is 5.68. The smallest absolute Gasteiger partial charge is 0.0596 e. The number of nitrogens with one attached hydrogen (secondary N) is 1. The van der Waals surface area contributed by atoms with Gasteiger partial charge in [0.2, 0.25) is 0 Å². The molecule has 1 aromatic heterocycles. The predicted molar refractivity (Wildman–Crippen MR) is 81.6 cm³/mol. The van der Waals surface area contributed by atoms with Crippen molar-refractivity contribution in [3.63, 3.8) is 0 Å². The maximum absolute atomic E-state index is 5.58. The number of rotatable bonds is 9. The van der Waals surface area contributed by atoms with Crippen molar-refractivity contribution < 1.29 is 4.74 Å². The molecule has 1 aliphatic carbocycles. The molecule has 4 heteroatoms. The number of nitrogens with zero attached hydrogens (tertiary/aromatic N) is 1. The summed E-state index contributed by atoms with van der Waals surface area (Å²) < 4.78 is 5.58. The molecule has 19 heavy (non-hydrogen) atoms. The van der Waals surface area contributed by atoms with E-state index in [2.05, 4.69) is 43.2 Å². The second-order valence-corrected chi connectivity index (χ2v) is 6.93. The van der Waals surface area contributed by atoms with Gasteiger partial charge in [-0.25, -0.2) is 0 Å². The van der Waals surface area contributed by atoms with Crippen molar-refractivity contribution in [1.82, 2.24) is 10.2 Å². The molecule has 108 valence electrons. The second kappa shape index (κ2) is 7.39. The highest BCUT2D eigenvalue weighted by molar-refractivity contribution is 7.11. The zero-order valence-corrected chi connectivity index (χ0v) is 13.1. The average Bonchev–Trinajstić information content (AvgIpc) is 3.07. The molecule has 1 N–H and O–H groups in total. The largest absolute Gasteiger partial charge is 0.377 e. The van der Waals surface area contributed by atoms with Gasteiger partial charge in [-0.05, 0) is 45.9 Å². The van der Waals surface area contributed by atoms with E-state index in [1.54, 1.807) is 0 Å². The fraction of sp³-hybridized carbons (Fsp3) is 0.733. The predicted octanol–water partition coefficient (Wildman–Crippen LogP) is 2.86. The first kappa shape index (κ1) is 15.0. The molecule has 2 rings (SSSR count). The molecule has 1 aliphatic rings. The molecule has 0 saturated heterocycles. The van der Waals surface area contributed by atoms with Crippen molar-refractivity contribution in [3.05, 3.63) is 21.9 Å². The Morgan fingerprint density at radius 1 is 1.37 bits per heavy atom. The lowest BCUT2D eigenvalue weighted by atomic mass is 10.4. The van der Waals surface area contributed by atoms with E-state index in [4.69, 9.17) is 4.74 Å². The third kappa shape index (κ3) is 6.04. The van der Waals surface area contributed by atoms with Crippen molar-refractivity contribution in [2.75, 3.05) is 20.2 Å². The number of ether oxygens (including phenoxy) is 1. The van der Waals surface area contributed by atoms with Gasteiger partial charge in [-0.3, -0.25) is 4.90 Å². The summed E-state index contributed by atoms with van der Waals surface area (Å²) >= 11 is 1.93. The Bertz CT molecular complexity index is 374. The van der Waals surface area contributed by atoms with E-state index in [-0.39, 0.29) is 0 Å². The molecule has 0 aromatic carbocycles. The first-order chi connectivity index (χ1) is 9.13. The molecule has 0 atom stereocenters. The summed E-state index contributed by atoms with van der Waals surface area (Å²) in [6.45, 7) is 8.03. The molecule has 0 unspecified atom stereocenters. The Kier molecular flexibility index (Phi) is 5.82. The zero-order valence-electron chi connectivity index (χ0n) is 12.3. The summed E-state index contributed by atoms with van der Waals surface area (Å²) in [6, 6.07) is 5.31. The fourth-order valence-corrected chi connectivity index (χ4v) is 2.97. The van der Waals surface area contributed by atoms with Crippen LogP contribution in [0.5, 0.6) is 0 Å². The summed E-state index contributed by atoms with van der Waals surface area (Å²) in [4.78, 5) is 5.22. The standard InChI is InChI=1S/C15H26N2OS/c1-12(2)18-9-8-17(3)11-15-7-6-14(19-15)10-16-13-4-5-13/h6-7,12-13,16H,4-5,8-11H2,1-3H3. The van der Waals surface area contributed by atoms with Crippen molar-refractivity contribution in [3.8, 4) is 0 Å². The SMILES string of the molecule is CC(C)OCCN(C)Cc1ccc(CNC2CC2)s1. The number of thiophene rings is 1. The van der Waals surface area contributed by atoms with Gasteiger partial charge >= 0.3 is 0 Å². The number of likely N-dealkylation sites (N-methyl/N-ethyl adjacent to an activating group) is 1. The van der Waals surface area contributed by atoms with Gasteiger partial charge in [-0.1, -0.05) is 0 Å². The van der Waals surface area contributed by atoms with Gasteiger partial charge in [0.15, 0.2) is 0 Å². The summed E-state index contributed by atoms with van der Waals surface area (Å²) in [5.74, 6) is 0. The van der Waals surface area contributed by atoms with Crippen LogP contribution in [0.1, 0.15) is 36.4 Å². The van der Waals surface area contributed by atoms with Crippen LogP contribution in [0.25, 0.3) is 0 Å². The first-order valence-corrected chi connectivity index (χ1v) is 8.06. The summed E-state index contributed by atoms with van der Waals surface area (Å²) in [5, 5.41) is 3.56. The summed E-state index contributed by atoms with van der Waals surface area (Å²) in [7, 11) is 2.16. The van der Waals surface area contributed by atoms with Crippen LogP contribution in [-0.2, 0) is 17.8 Å². The third-order valence-corrected chi connectivity index (χ3v) is 4.28. The topological polar surface area (TPSA) is 24.5 Å².